The molecule has 0 heterocycles. The molecule has 0 spiro atoms. The summed E-state index contributed by atoms with van der Waals surface area (Å²) in [6.07, 6.45) is 0.177. The summed E-state index contributed by atoms with van der Waals surface area (Å²) in [5.41, 5.74) is 3.48. The predicted molar refractivity (Wildman–Crippen MR) is 96.4 cm³/mol. The first kappa shape index (κ1) is 19.6. The van der Waals surface area contributed by atoms with E-state index in [1.165, 1.54) is 37.3 Å². The molecule has 2 aromatic rings. The fourth-order valence-electron chi connectivity index (χ4n) is 2.02. The summed E-state index contributed by atoms with van der Waals surface area (Å²) in [6.45, 7) is 3.14. The van der Waals surface area contributed by atoms with Gasteiger partial charge in [-0.05, 0) is 43.7 Å². The van der Waals surface area contributed by atoms with Crippen molar-refractivity contribution in [1.82, 2.24) is 5.43 Å². The summed E-state index contributed by atoms with van der Waals surface area (Å²) in [6, 6.07) is 11.9. The number of nitrogens with zero attached hydrogens (tertiary/aromatic N) is 1. The van der Waals surface area contributed by atoms with E-state index in [9.17, 15) is 17.6 Å². The van der Waals surface area contributed by atoms with Crippen LogP contribution in [0.15, 0.2) is 58.5 Å². The van der Waals surface area contributed by atoms with Crippen LogP contribution < -0.4 is 10.2 Å². The molecule has 0 bridgehead atoms. The number of hydrogen-bond donors (Lipinski definition) is 1. The zero-order valence-corrected chi connectivity index (χ0v) is 15.4. The zero-order chi connectivity index (χ0) is 19.3. The number of carbonyl (C=O) groups excluding carboxylic acids is 1. The third-order valence-electron chi connectivity index (χ3n) is 3.54. The second-order valence-electron chi connectivity index (χ2n) is 5.66. The molecule has 0 saturated heterocycles. The molecule has 26 heavy (non-hydrogen) atoms. The number of halogens is 1. The Kier molecular flexibility index (Phi) is 6.10. The minimum atomic E-state index is -3.27. The zero-order valence-electron chi connectivity index (χ0n) is 14.6. The topological polar surface area (TPSA) is 84.8 Å². The normalized spacial score (nSPS) is 13.2. The molecule has 1 atom stereocenters. The maximum atomic E-state index is 13.5. The van der Waals surface area contributed by atoms with Crippen LogP contribution in [0, 0.1) is 5.82 Å². The molecule has 0 saturated carbocycles. The van der Waals surface area contributed by atoms with E-state index in [1.54, 1.807) is 25.1 Å². The van der Waals surface area contributed by atoms with Crippen LogP contribution in [0.3, 0.4) is 0 Å². The molecule has 0 fully saturated rings. The van der Waals surface area contributed by atoms with Crippen molar-refractivity contribution < 1.29 is 22.3 Å². The largest absolute Gasteiger partial charge is 0.478 e. The summed E-state index contributed by atoms with van der Waals surface area (Å²) in [5, 5.41) is 3.97. The van der Waals surface area contributed by atoms with Crippen LogP contribution in [-0.2, 0) is 14.6 Å². The van der Waals surface area contributed by atoms with Gasteiger partial charge in [-0.2, -0.15) is 5.10 Å². The highest BCUT2D eigenvalue weighted by Gasteiger charge is 2.16. The van der Waals surface area contributed by atoms with Gasteiger partial charge in [-0.1, -0.05) is 24.3 Å². The minimum absolute atomic E-state index is 0.0211. The second-order valence-corrected chi connectivity index (χ2v) is 7.68. The summed E-state index contributed by atoms with van der Waals surface area (Å²) < 4.78 is 41.7. The van der Waals surface area contributed by atoms with Crippen molar-refractivity contribution in [1.29, 1.82) is 0 Å². The van der Waals surface area contributed by atoms with E-state index in [-0.39, 0.29) is 10.6 Å². The summed E-state index contributed by atoms with van der Waals surface area (Å²) >= 11 is 0. The van der Waals surface area contributed by atoms with Gasteiger partial charge in [0.05, 0.1) is 10.6 Å². The predicted octanol–water partition coefficient (Wildman–Crippen LogP) is 2.54. The Morgan fingerprint density at radius 3 is 2.35 bits per heavy atom. The van der Waals surface area contributed by atoms with E-state index < -0.39 is 27.7 Å². The molecule has 1 N–H and O–H groups in total. The van der Waals surface area contributed by atoms with Gasteiger partial charge in [0.1, 0.15) is 0 Å². The molecule has 0 radical (unpaired) electrons. The van der Waals surface area contributed by atoms with Crippen molar-refractivity contribution in [2.75, 3.05) is 6.26 Å². The number of rotatable bonds is 6. The van der Waals surface area contributed by atoms with Crippen molar-refractivity contribution in [3.63, 3.8) is 0 Å². The third kappa shape index (κ3) is 5.13. The van der Waals surface area contributed by atoms with Crippen molar-refractivity contribution in [3.05, 3.63) is 59.9 Å². The first-order valence-electron chi connectivity index (χ1n) is 7.74. The number of amides is 1. The number of nitrogens with one attached hydrogen (secondary N) is 1. The SMILES string of the molecule is C/C(=N/NC(=O)[C@H](C)Oc1ccccc1F)c1ccc(S(C)(=O)=O)cc1. The van der Waals surface area contributed by atoms with Crippen LogP contribution in [-0.4, -0.2) is 32.4 Å². The van der Waals surface area contributed by atoms with Gasteiger partial charge in [-0.3, -0.25) is 4.79 Å². The molecule has 2 aromatic carbocycles. The lowest BCUT2D eigenvalue weighted by atomic mass is 10.1. The fraction of sp³-hybridized carbons (Fsp3) is 0.222. The first-order valence-corrected chi connectivity index (χ1v) is 9.63. The Balaban J connectivity index is 2.01. The Hall–Kier alpha value is -2.74. The number of ether oxygens (including phenoxy) is 1. The van der Waals surface area contributed by atoms with Crippen LogP contribution in [0.4, 0.5) is 4.39 Å². The first-order chi connectivity index (χ1) is 12.2. The van der Waals surface area contributed by atoms with Crippen molar-refractivity contribution >= 4 is 21.5 Å². The summed E-state index contributed by atoms with van der Waals surface area (Å²) in [4.78, 5) is 12.2. The second kappa shape index (κ2) is 8.09. The molecule has 2 rings (SSSR count). The van der Waals surface area contributed by atoms with Crippen LogP contribution >= 0.6 is 0 Å². The Morgan fingerprint density at radius 2 is 1.77 bits per heavy atom. The number of sulfone groups is 1. The molecule has 0 unspecified atom stereocenters. The van der Waals surface area contributed by atoms with E-state index in [0.29, 0.717) is 11.3 Å². The van der Waals surface area contributed by atoms with Crippen LogP contribution in [0.5, 0.6) is 5.75 Å². The van der Waals surface area contributed by atoms with E-state index in [1.807, 2.05) is 0 Å². The smallest absolute Gasteiger partial charge is 0.280 e. The standard InChI is InChI=1S/C18H19FN2O4S/c1-12(14-8-10-15(11-9-14)26(3,23)24)20-21-18(22)13(2)25-17-7-5-4-6-16(17)19/h4-11,13H,1-3H3,(H,21,22)/b20-12-/t13-/m0/s1. The number of carbonyl (C=O) groups is 1. The highest BCUT2D eigenvalue weighted by Crippen LogP contribution is 2.17. The Morgan fingerprint density at radius 1 is 1.15 bits per heavy atom. The number of hydrazone groups is 1. The van der Waals surface area contributed by atoms with Crippen LogP contribution in [0.25, 0.3) is 0 Å². The molecular weight excluding hydrogens is 359 g/mol. The quantitative estimate of drug-likeness (QED) is 0.618. The van der Waals surface area contributed by atoms with Crippen molar-refractivity contribution in [2.45, 2.75) is 24.8 Å². The lowest BCUT2D eigenvalue weighted by molar-refractivity contribution is -0.127. The average Bonchev–Trinajstić information content (AvgIpc) is 2.60. The van der Waals surface area contributed by atoms with E-state index in [0.717, 1.165) is 6.26 Å². The minimum Gasteiger partial charge on any atom is -0.478 e. The van der Waals surface area contributed by atoms with Crippen molar-refractivity contribution in [2.24, 2.45) is 5.10 Å². The van der Waals surface area contributed by atoms with Gasteiger partial charge in [0.2, 0.25) is 0 Å². The molecule has 138 valence electrons. The lowest BCUT2D eigenvalue weighted by Gasteiger charge is -2.13. The molecule has 0 aliphatic rings. The number of hydrogen-bond acceptors (Lipinski definition) is 5. The molecular formula is C18H19FN2O4S. The summed E-state index contributed by atoms with van der Waals surface area (Å²) in [5.74, 6) is -1.12. The van der Waals surface area contributed by atoms with Crippen LogP contribution in [0.1, 0.15) is 19.4 Å². The average molecular weight is 378 g/mol. The fourth-order valence-corrected chi connectivity index (χ4v) is 2.65. The van der Waals surface area contributed by atoms with Gasteiger partial charge >= 0.3 is 0 Å². The maximum Gasteiger partial charge on any atom is 0.280 e. The number of para-hydroxylation sites is 1. The van der Waals surface area contributed by atoms with Gasteiger partial charge < -0.3 is 4.74 Å². The van der Waals surface area contributed by atoms with E-state index in [2.05, 4.69) is 10.5 Å². The molecule has 8 heteroatoms. The Labute approximate surface area is 151 Å². The van der Waals surface area contributed by atoms with Gasteiger partial charge in [-0.25, -0.2) is 18.2 Å². The Bertz CT molecular complexity index is 924. The molecule has 0 aliphatic heterocycles. The third-order valence-corrected chi connectivity index (χ3v) is 4.67. The molecule has 1 amide bonds. The monoisotopic (exact) mass is 378 g/mol. The highest BCUT2D eigenvalue weighted by atomic mass is 32.2. The van der Waals surface area contributed by atoms with Crippen molar-refractivity contribution in [3.8, 4) is 5.75 Å². The highest BCUT2D eigenvalue weighted by molar-refractivity contribution is 7.90. The van der Waals surface area contributed by atoms with E-state index >= 15 is 0 Å². The summed E-state index contributed by atoms with van der Waals surface area (Å²) in [7, 11) is -3.27. The molecule has 0 aromatic heterocycles. The van der Waals surface area contributed by atoms with Gasteiger partial charge in [-0.15, -0.1) is 0 Å². The van der Waals surface area contributed by atoms with Gasteiger partial charge in [0.25, 0.3) is 5.91 Å². The van der Waals surface area contributed by atoms with Crippen LogP contribution in [0.2, 0.25) is 0 Å². The van der Waals surface area contributed by atoms with Gasteiger partial charge in [0, 0.05) is 6.26 Å². The van der Waals surface area contributed by atoms with Gasteiger partial charge in [0.15, 0.2) is 27.5 Å². The number of benzene rings is 2. The molecule has 0 aliphatic carbocycles. The maximum absolute atomic E-state index is 13.5. The molecule has 6 nitrogen and oxygen atoms in total. The van der Waals surface area contributed by atoms with E-state index in [4.69, 9.17) is 4.74 Å². The lowest BCUT2D eigenvalue weighted by Crippen LogP contribution is -2.34.